The maximum absolute atomic E-state index is 10.3. The first kappa shape index (κ1) is 8.74. The molecule has 4 heteroatoms. The summed E-state index contributed by atoms with van der Waals surface area (Å²) in [6.07, 6.45) is 0.386. The zero-order chi connectivity index (χ0) is 9.97. The highest BCUT2D eigenvalue weighted by Crippen LogP contribution is 2.15. The van der Waals surface area contributed by atoms with Crippen molar-refractivity contribution >= 4 is 17.1 Å². The zero-order valence-corrected chi connectivity index (χ0v) is 7.43. The van der Waals surface area contributed by atoms with Crippen LogP contribution in [0.2, 0.25) is 0 Å². The monoisotopic (exact) mass is 191 g/mol. The Morgan fingerprint density at radius 3 is 2.93 bits per heavy atom. The smallest absolute Gasteiger partial charge is 0.303 e. The molecule has 0 bridgehead atoms. The molecule has 0 aliphatic heterocycles. The van der Waals surface area contributed by atoms with Crippen LogP contribution in [0.15, 0.2) is 28.7 Å². The lowest BCUT2D eigenvalue weighted by Gasteiger charge is -1.88. The summed E-state index contributed by atoms with van der Waals surface area (Å²) in [5.74, 6) is -0.360. The summed E-state index contributed by atoms with van der Waals surface area (Å²) < 4.78 is 5.34. The second kappa shape index (κ2) is 3.49. The molecule has 0 spiro atoms. The number of oxazole rings is 1. The van der Waals surface area contributed by atoms with E-state index in [0.29, 0.717) is 17.9 Å². The summed E-state index contributed by atoms with van der Waals surface area (Å²) in [5, 5.41) is 8.48. The Balaban J connectivity index is 2.22. The number of aliphatic carboxylic acids is 1. The molecule has 0 saturated carbocycles. The number of para-hydroxylation sites is 2. The van der Waals surface area contributed by atoms with Gasteiger partial charge in [-0.1, -0.05) is 12.1 Å². The minimum Gasteiger partial charge on any atom is -0.481 e. The number of aryl methyl sites for hydroxylation is 1. The van der Waals surface area contributed by atoms with Gasteiger partial charge in [0.1, 0.15) is 5.52 Å². The first-order valence-corrected chi connectivity index (χ1v) is 4.32. The Bertz CT molecular complexity index is 428. The largest absolute Gasteiger partial charge is 0.481 e. The van der Waals surface area contributed by atoms with Crippen molar-refractivity contribution in [3.63, 3.8) is 0 Å². The molecule has 1 N–H and O–H groups in total. The number of aromatic nitrogens is 1. The van der Waals surface area contributed by atoms with Gasteiger partial charge in [-0.25, -0.2) is 4.98 Å². The fourth-order valence-electron chi connectivity index (χ4n) is 1.24. The molecule has 0 radical (unpaired) electrons. The van der Waals surface area contributed by atoms with Gasteiger partial charge in [0.05, 0.1) is 6.42 Å². The van der Waals surface area contributed by atoms with Crippen molar-refractivity contribution < 1.29 is 14.3 Å². The van der Waals surface area contributed by atoms with Crippen LogP contribution in [-0.2, 0) is 11.2 Å². The molecule has 1 heterocycles. The predicted octanol–water partition coefficient (Wildman–Crippen LogP) is 1.84. The molecular weight excluding hydrogens is 182 g/mol. The van der Waals surface area contributed by atoms with E-state index in [2.05, 4.69) is 4.98 Å². The summed E-state index contributed by atoms with van der Waals surface area (Å²) in [5.41, 5.74) is 1.47. The van der Waals surface area contributed by atoms with Crippen molar-refractivity contribution in [1.29, 1.82) is 0 Å². The van der Waals surface area contributed by atoms with Crippen molar-refractivity contribution in [2.45, 2.75) is 12.8 Å². The molecule has 0 saturated heterocycles. The number of nitrogens with zero attached hydrogens (tertiary/aromatic N) is 1. The van der Waals surface area contributed by atoms with Gasteiger partial charge >= 0.3 is 5.97 Å². The van der Waals surface area contributed by atoms with Crippen LogP contribution >= 0.6 is 0 Å². The van der Waals surface area contributed by atoms with E-state index in [1.54, 1.807) is 0 Å². The van der Waals surface area contributed by atoms with Gasteiger partial charge in [0.25, 0.3) is 0 Å². The zero-order valence-electron chi connectivity index (χ0n) is 7.43. The molecule has 2 aromatic rings. The van der Waals surface area contributed by atoms with Gasteiger partial charge in [-0.15, -0.1) is 0 Å². The highest BCUT2D eigenvalue weighted by Gasteiger charge is 2.06. The van der Waals surface area contributed by atoms with Gasteiger partial charge in [0.15, 0.2) is 11.5 Å². The van der Waals surface area contributed by atoms with Crippen LogP contribution < -0.4 is 0 Å². The minimum absolute atomic E-state index is 0.0484. The average molecular weight is 191 g/mol. The molecule has 0 aliphatic rings. The van der Waals surface area contributed by atoms with Crippen LogP contribution in [0.5, 0.6) is 0 Å². The van der Waals surface area contributed by atoms with E-state index in [9.17, 15) is 4.79 Å². The highest BCUT2D eigenvalue weighted by molar-refractivity contribution is 5.72. The molecule has 0 atom stereocenters. The normalized spacial score (nSPS) is 10.6. The van der Waals surface area contributed by atoms with Gasteiger partial charge in [-0.2, -0.15) is 0 Å². The van der Waals surface area contributed by atoms with E-state index >= 15 is 0 Å². The van der Waals surface area contributed by atoms with Crippen molar-refractivity contribution in [3.8, 4) is 0 Å². The molecular formula is C10H9NO3. The SMILES string of the molecule is O=C(O)CCc1nc2ccccc2o1. The van der Waals surface area contributed by atoms with Gasteiger partial charge in [0.2, 0.25) is 0 Å². The number of hydrogen-bond acceptors (Lipinski definition) is 3. The maximum Gasteiger partial charge on any atom is 0.303 e. The van der Waals surface area contributed by atoms with E-state index in [0.717, 1.165) is 5.52 Å². The van der Waals surface area contributed by atoms with Crippen LogP contribution in [0.3, 0.4) is 0 Å². The molecule has 72 valence electrons. The van der Waals surface area contributed by atoms with E-state index in [1.807, 2.05) is 24.3 Å². The number of carboxylic acid groups (broad SMARTS) is 1. The van der Waals surface area contributed by atoms with Gasteiger partial charge < -0.3 is 9.52 Å². The summed E-state index contributed by atoms with van der Waals surface area (Å²) in [6, 6.07) is 7.37. The van der Waals surface area contributed by atoms with E-state index in [1.165, 1.54) is 0 Å². The predicted molar refractivity (Wildman–Crippen MR) is 50.0 cm³/mol. The van der Waals surface area contributed by atoms with Crippen LogP contribution in [0, 0.1) is 0 Å². The van der Waals surface area contributed by atoms with Crippen LogP contribution in [0.25, 0.3) is 11.1 Å². The number of carboxylic acids is 1. The molecule has 0 unspecified atom stereocenters. The highest BCUT2D eigenvalue weighted by atomic mass is 16.4. The Kier molecular flexibility index (Phi) is 2.18. The Morgan fingerprint density at radius 2 is 2.21 bits per heavy atom. The van der Waals surface area contributed by atoms with Crippen molar-refractivity contribution in [1.82, 2.24) is 4.98 Å². The summed E-state index contributed by atoms with van der Waals surface area (Å²) in [7, 11) is 0. The van der Waals surface area contributed by atoms with E-state index < -0.39 is 5.97 Å². The third-order valence-corrected chi connectivity index (χ3v) is 1.89. The number of hydrogen-bond donors (Lipinski definition) is 1. The fraction of sp³-hybridized carbons (Fsp3) is 0.200. The van der Waals surface area contributed by atoms with E-state index in [4.69, 9.17) is 9.52 Å². The number of rotatable bonds is 3. The van der Waals surface area contributed by atoms with Gasteiger partial charge in [0, 0.05) is 6.42 Å². The molecule has 1 aromatic carbocycles. The Morgan fingerprint density at radius 1 is 1.43 bits per heavy atom. The second-order valence-corrected chi connectivity index (χ2v) is 2.97. The first-order valence-electron chi connectivity index (χ1n) is 4.32. The molecule has 14 heavy (non-hydrogen) atoms. The minimum atomic E-state index is -0.841. The fourth-order valence-corrected chi connectivity index (χ4v) is 1.24. The molecule has 0 aliphatic carbocycles. The average Bonchev–Trinajstić information content (AvgIpc) is 2.57. The molecule has 4 nitrogen and oxygen atoms in total. The second-order valence-electron chi connectivity index (χ2n) is 2.97. The summed E-state index contributed by atoms with van der Waals surface area (Å²) >= 11 is 0. The molecule has 0 amide bonds. The van der Waals surface area contributed by atoms with Gasteiger partial charge in [-0.3, -0.25) is 4.79 Å². The lowest BCUT2D eigenvalue weighted by Crippen LogP contribution is -1.97. The Labute approximate surface area is 80.2 Å². The Hall–Kier alpha value is -1.84. The summed E-state index contributed by atoms with van der Waals surface area (Å²) in [4.78, 5) is 14.5. The van der Waals surface area contributed by atoms with Crippen molar-refractivity contribution in [2.24, 2.45) is 0 Å². The molecule has 1 aromatic heterocycles. The molecule has 0 fully saturated rings. The standard InChI is InChI=1S/C10H9NO3/c12-10(13)6-5-9-11-7-3-1-2-4-8(7)14-9/h1-4H,5-6H2,(H,12,13). The number of benzene rings is 1. The van der Waals surface area contributed by atoms with Gasteiger partial charge in [-0.05, 0) is 12.1 Å². The maximum atomic E-state index is 10.3. The quantitative estimate of drug-likeness (QED) is 0.804. The number of fused-ring (bicyclic) bond motifs is 1. The van der Waals surface area contributed by atoms with Crippen LogP contribution in [0.4, 0.5) is 0 Å². The summed E-state index contributed by atoms with van der Waals surface area (Å²) in [6.45, 7) is 0. The topological polar surface area (TPSA) is 63.3 Å². The van der Waals surface area contributed by atoms with Crippen LogP contribution in [0.1, 0.15) is 12.3 Å². The lowest BCUT2D eigenvalue weighted by molar-refractivity contribution is -0.137. The lowest BCUT2D eigenvalue weighted by atomic mass is 10.3. The van der Waals surface area contributed by atoms with E-state index in [-0.39, 0.29) is 6.42 Å². The third-order valence-electron chi connectivity index (χ3n) is 1.89. The molecule has 2 rings (SSSR count). The third kappa shape index (κ3) is 1.74. The first-order chi connectivity index (χ1) is 6.75. The van der Waals surface area contributed by atoms with Crippen molar-refractivity contribution in [2.75, 3.05) is 0 Å². The van der Waals surface area contributed by atoms with Crippen LogP contribution in [-0.4, -0.2) is 16.1 Å². The number of carbonyl (C=O) groups is 1. The van der Waals surface area contributed by atoms with Crippen molar-refractivity contribution in [3.05, 3.63) is 30.2 Å².